The van der Waals surface area contributed by atoms with Gasteiger partial charge < -0.3 is 14.8 Å². The monoisotopic (exact) mass is 316 g/mol. The number of ether oxygens (including phenoxy) is 2. The van der Waals surface area contributed by atoms with Crippen LogP contribution in [0.25, 0.3) is 0 Å². The summed E-state index contributed by atoms with van der Waals surface area (Å²) in [5.41, 5.74) is 3.48. The number of aromatic nitrogens is 2. The topological polar surface area (TPSA) is 51.5 Å². The summed E-state index contributed by atoms with van der Waals surface area (Å²) in [4.78, 5) is 2.40. The zero-order chi connectivity index (χ0) is 16.1. The molecule has 1 aliphatic heterocycles. The van der Waals surface area contributed by atoms with Crippen LogP contribution in [0.4, 0.5) is 5.69 Å². The Morgan fingerprint density at radius 1 is 1.30 bits per heavy atom. The fourth-order valence-corrected chi connectivity index (χ4v) is 2.78. The van der Waals surface area contributed by atoms with Gasteiger partial charge in [0.05, 0.1) is 32.2 Å². The summed E-state index contributed by atoms with van der Waals surface area (Å²) in [5.74, 6) is 0.946. The van der Waals surface area contributed by atoms with Gasteiger partial charge in [-0.05, 0) is 17.7 Å². The second-order valence-electron chi connectivity index (χ2n) is 5.79. The fraction of sp³-hybridized carbons (Fsp3) is 0.471. The number of nitrogens with one attached hydrogen (secondary N) is 1. The lowest BCUT2D eigenvalue weighted by atomic mass is 10.1. The molecule has 0 spiro atoms. The number of rotatable bonds is 6. The van der Waals surface area contributed by atoms with Crippen LogP contribution in [0.5, 0.6) is 5.75 Å². The molecule has 6 nitrogen and oxygen atoms in total. The minimum atomic E-state index is 0.770. The maximum Gasteiger partial charge on any atom is 0.123 e. The van der Waals surface area contributed by atoms with Gasteiger partial charge in [0, 0.05) is 45.0 Å². The molecule has 1 N–H and O–H groups in total. The molecule has 124 valence electrons. The predicted octanol–water partition coefficient (Wildman–Crippen LogP) is 1.87. The summed E-state index contributed by atoms with van der Waals surface area (Å²) >= 11 is 0. The largest absolute Gasteiger partial charge is 0.496 e. The van der Waals surface area contributed by atoms with E-state index in [1.54, 1.807) is 11.8 Å². The van der Waals surface area contributed by atoms with Crippen LogP contribution in [-0.4, -0.2) is 48.1 Å². The molecule has 0 unspecified atom stereocenters. The summed E-state index contributed by atoms with van der Waals surface area (Å²) < 4.78 is 12.7. The van der Waals surface area contributed by atoms with E-state index < -0.39 is 0 Å². The Labute approximate surface area is 137 Å². The molecule has 1 saturated heterocycles. The minimum absolute atomic E-state index is 0.770. The van der Waals surface area contributed by atoms with Crippen molar-refractivity contribution in [2.45, 2.75) is 13.1 Å². The van der Waals surface area contributed by atoms with Gasteiger partial charge in [0.15, 0.2) is 0 Å². The van der Waals surface area contributed by atoms with Gasteiger partial charge in [-0.15, -0.1) is 0 Å². The van der Waals surface area contributed by atoms with Crippen molar-refractivity contribution in [2.75, 3.05) is 38.7 Å². The molecule has 1 fully saturated rings. The van der Waals surface area contributed by atoms with Gasteiger partial charge >= 0.3 is 0 Å². The van der Waals surface area contributed by atoms with E-state index in [4.69, 9.17) is 9.47 Å². The van der Waals surface area contributed by atoms with Crippen LogP contribution in [0.3, 0.4) is 0 Å². The Bertz CT molecular complexity index is 635. The third-order valence-corrected chi connectivity index (χ3v) is 4.04. The number of aryl methyl sites for hydroxylation is 1. The number of anilines is 1. The zero-order valence-corrected chi connectivity index (χ0v) is 13.8. The molecular formula is C17H24N4O2. The third-order valence-electron chi connectivity index (χ3n) is 4.04. The number of hydrogen-bond acceptors (Lipinski definition) is 5. The number of benzene rings is 1. The van der Waals surface area contributed by atoms with Crippen LogP contribution in [-0.2, 0) is 24.9 Å². The van der Waals surface area contributed by atoms with Crippen LogP contribution in [0.1, 0.15) is 11.1 Å². The van der Waals surface area contributed by atoms with Crippen molar-refractivity contribution in [1.29, 1.82) is 0 Å². The van der Waals surface area contributed by atoms with E-state index in [2.05, 4.69) is 33.5 Å². The Morgan fingerprint density at radius 3 is 2.83 bits per heavy atom. The number of methoxy groups -OCH3 is 1. The van der Waals surface area contributed by atoms with E-state index >= 15 is 0 Å². The van der Waals surface area contributed by atoms with Crippen molar-refractivity contribution in [3.63, 3.8) is 0 Å². The van der Waals surface area contributed by atoms with E-state index in [1.165, 1.54) is 11.1 Å². The van der Waals surface area contributed by atoms with Gasteiger partial charge in [0.25, 0.3) is 0 Å². The lowest BCUT2D eigenvalue weighted by Crippen LogP contribution is -2.35. The van der Waals surface area contributed by atoms with Gasteiger partial charge in [0.2, 0.25) is 0 Å². The summed E-state index contributed by atoms with van der Waals surface area (Å²) in [5, 5.41) is 7.56. The van der Waals surface area contributed by atoms with Crippen molar-refractivity contribution in [3.8, 4) is 5.75 Å². The molecule has 0 atom stereocenters. The minimum Gasteiger partial charge on any atom is -0.496 e. The van der Waals surface area contributed by atoms with Gasteiger partial charge in [-0.3, -0.25) is 9.58 Å². The maximum atomic E-state index is 5.52. The van der Waals surface area contributed by atoms with E-state index in [0.29, 0.717) is 0 Å². The van der Waals surface area contributed by atoms with Gasteiger partial charge in [-0.25, -0.2) is 0 Å². The summed E-state index contributed by atoms with van der Waals surface area (Å²) in [6, 6.07) is 6.37. The molecule has 0 radical (unpaired) electrons. The van der Waals surface area contributed by atoms with E-state index in [0.717, 1.165) is 50.8 Å². The summed E-state index contributed by atoms with van der Waals surface area (Å²) in [6.45, 7) is 5.23. The molecular weight excluding hydrogens is 292 g/mol. The lowest BCUT2D eigenvalue weighted by Gasteiger charge is -2.27. The van der Waals surface area contributed by atoms with E-state index in [-0.39, 0.29) is 0 Å². The van der Waals surface area contributed by atoms with E-state index in [9.17, 15) is 0 Å². The third kappa shape index (κ3) is 4.24. The van der Waals surface area contributed by atoms with Gasteiger partial charge in [-0.2, -0.15) is 5.10 Å². The van der Waals surface area contributed by atoms with Gasteiger partial charge in [-0.1, -0.05) is 6.07 Å². The predicted molar refractivity (Wildman–Crippen MR) is 89.6 cm³/mol. The van der Waals surface area contributed by atoms with Crippen LogP contribution < -0.4 is 10.1 Å². The van der Waals surface area contributed by atoms with Crippen molar-refractivity contribution in [1.82, 2.24) is 14.7 Å². The molecule has 0 bridgehead atoms. The Balaban J connectivity index is 1.67. The van der Waals surface area contributed by atoms with Crippen molar-refractivity contribution >= 4 is 5.69 Å². The molecule has 6 heteroatoms. The molecule has 0 amide bonds. The molecule has 2 aromatic rings. The molecule has 1 aromatic heterocycles. The first-order chi connectivity index (χ1) is 11.2. The van der Waals surface area contributed by atoms with Crippen molar-refractivity contribution in [2.24, 2.45) is 7.05 Å². The molecule has 2 heterocycles. The maximum absolute atomic E-state index is 5.52. The fourth-order valence-electron chi connectivity index (χ4n) is 2.78. The molecule has 1 aromatic carbocycles. The quantitative estimate of drug-likeness (QED) is 0.882. The Kier molecular flexibility index (Phi) is 5.15. The summed E-state index contributed by atoms with van der Waals surface area (Å²) in [7, 11) is 3.64. The highest BCUT2D eigenvalue weighted by atomic mass is 16.5. The first-order valence-corrected chi connectivity index (χ1v) is 7.93. The van der Waals surface area contributed by atoms with Crippen LogP contribution in [0.2, 0.25) is 0 Å². The average molecular weight is 316 g/mol. The normalized spacial score (nSPS) is 15.6. The highest BCUT2D eigenvalue weighted by Crippen LogP contribution is 2.22. The van der Waals surface area contributed by atoms with Crippen LogP contribution in [0.15, 0.2) is 30.6 Å². The number of morpholine rings is 1. The molecule has 1 aliphatic rings. The standard InChI is InChI=1S/C17H24N4O2/c1-20-13-16(11-19-20)18-10-14-3-4-17(22-2)15(9-14)12-21-5-7-23-8-6-21/h3-4,9,11,13,18H,5-8,10,12H2,1-2H3. The molecule has 0 saturated carbocycles. The van der Waals surface area contributed by atoms with Crippen LogP contribution in [0, 0.1) is 0 Å². The molecule has 3 rings (SSSR count). The molecule has 0 aliphatic carbocycles. The first-order valence-electron chi connectivity index (χ1n) is 7.93. The zero-order valence-electron chi connectivity index (χ0n) is 13.8. The lowest BCUT2D eigenvalue weighted by molar-refractivity contribution is 0.0339. The van der Waals surface area contributed by atoms with Crippen molar-refractivity contribution < 1.29 is 9.47 Å². The van der Waals surface area contributed by atoms with E-state index in [1.807, 2.05) is 19.4 Å². The average Bonchev–Trinajstić information content (AvgIpc) is 3.00. The number of nitrogens with zero attached hydrogens (tertiary/aromatic N) is 3. The Morgan fingerprint density at radius 2 is 2.13 bits per heavy atom. The Hall–Kier alpha value is -2.05. The highest BCUT2D eigenvalue weighted by molar-refractivity contribution is 5.42. The summed E-state index contributed by atoms with van der Waals surface area (Å²) in [6.07, 6.45) is 3.80. The SMILES string of the molecule is COc1ccc(CNc2cnn(C)c2)cc1CN1CCOCC1. The number of hydrogen-bond donors (Lipinski definition) is 1. The van der Waals surface area contributed by atoms with Crippen LogP contribution >= 0.6 is 0 Å². The van der Waals surface area contributed by atoms with Gasteiger partial charge in [0.1, 0.15) is 5.75 Å². The van der Waals surface area contributed by atoms with Crippen molar-refractivity contribution in [3.05, 3.63) is 41.7 Å². The molecule has 23 heavy (non-hydrogen) atoms. The second kappa shape index (κ2) is 7.48. The highest BCUT2D eigenvalue weighted by Gasteiger charge is 2.13. The second-order valence-corrected chi connectivity index (χ2v) is 5.79. The first kappa shape index (κ1) is 15.8. The smallest absolute Gasteiger partial charge is 0.123 e.